The number of morpholine rings is 1. The molecule has 3 fully saturated rings. The summed E-state index contributed by atoms with van der Waals surface area (Å²) in [6, 6.07) is 2.50. The molecule has 4 rings (SSSR count). The molecule has 3 unspecified atom stereocenters. The minimum atomic E-state index is 0.155. The average Bonchev–Trinajstić information content (AvgIpc) is 3.22. The number of aryl methyl sites for hydroxylation is 1. The number of amides is 1. The highest BCUT2D eigenvalue weighted by Crippen LogP contribution is 2.32. The van der Waals surface area contributed by atoms with E-state index in [9.17, 15) is 4.79 Å². The molecule has 118 valence electrons. The third kappa shape index (κ3) is 2.35. The molecular weight excluding hydrogens is 280 g/mol. The number of hydrogen-bond donors (Lipinski definition) is 0. The molecule has 1 aromatic heterocycles. The first-order valence-electron chi connectivity index (χ1n) is 8.09. The lowest BCUT2D eigenvalue weighted by Gasteiger charge is -2.27. The van der Waals surface area contributed by atoms with Gasteiger partial charge >= 0.3 is 0 Å². The lowest BCUT2D eigenvalue weighted by Crippen LogP contribution is -2.38. The fourth-order valence-electron chi connectivity index (χ4n) is 3.85. The van der Waals surface area contributed by atoms with Crippen LogP contribution >= 0.6 is 0 Å². The number of rotatable bonds is 2. The van der Waals surface area contributed by atoms with Crippen molar-refractivity contribution in [2.45, 2.75) is 44.8 Å². The van der Waals surface area contributed by atoms with E-state index in [0.717, 1.165) is 56.4 Å². The van der Waals surface area contributed by atoms with Crippen molar-refractivity contribution in [3.63, 3.8) is 0 Å². The second-order valence-corrected chi connectivity index (χ2v) is 6.68. The second-order valence-electron chi connectivity index (χ2n) is 6.68. The fraction of sp³-hybridized carbons (Fsp3) is 0.688. The van der Waals surface area contributed by atoms with Gasteiger partial charge in [0, 0.05) is 38.2 Å². The van der Waals surface area contributed by atoms with Gasteiger partial charge in [-0.3, -0.25) is 4.79 Å². The number of ether oxygens (including phenoxy) is 1. The van der Waals surface area contributed by atoms with Crippen LogP contribution in [0.15, 0.2) is 6.07 Å². The maximum atomic E-state index is 11.5. The van der Waals surface area contributed by atoms with Gasteiger partial charge in [-0.15, -0.1) is 0 Å². The van der Waals surface area contributed by atoms with Gasteiger partial charge in [0.2, 0.25) is 11.9 Å². The first-order valence-corrected chi connectivity index (χ1v) is 8.09. The smallest absolute Gasteiger partial charge is 0.226 e. The molecule has 3 aliphatic rings. The number of hydrogen-bond acceptors (Lipinski definition) is 5. The Morgan fingerprint density at radius 2 is 2.23 bits per heavy atom. The highest BCUT2D eigenvalue weighted by atomic mass is 16.5. The van der Waals surface area contributed by atoms with Gasteiger partial charge in [0.25, 0.3) is 0 Å². The van der Waals surface area contributed by atoms with E-state index in [4.69, 9.17) is 9.72 Å². The molecule has 3 saturated heterocycles. The Balaban J connectivity index is 1.58. The first kappa shape index (κ1) is 13.9. The number of likely N-dealkylation sites (tertiary alicyclic amines) is 1. The Morgan fingerprint density at radius 3 is 2.86 bits per heavy atom. The molecule has 6 nitrogen and oxygen atoms in total. The minimum absolute atomic E-state index is 0.155. The largest absolute Gasteiger partial charge is 0.374 e. The maximum Gasteiger partial charge on any atom is 0.226 e. The zero-order chi connectivity index (χ0) is 15.3. The molecule has 0 aromatic carbocycles. The zero-order valence-corrected chi connectivity index (χ0v) is 13.2. The standard InChI is InChI=1S/C16H22N4O2/c1-10-5-15(12-3-4-19(7-12)11(2)21)18-16(17-10)20-8-14-6-13(20)9-22-14/h5,12-14H,3-4,6-9H2,1-2H3. The van der Waals surface area contributed by atoms with Crippen molar-refractivity contribution in [1.29, 1.82) is 0 Å². The number of carbonyl (C=O) groups is 1. The summed E-state index contributed by atoms with van der Waals surface area (Å²) in [5.41, 5.74) is 2.08. The summed E-state index contributed by atoms with van der Waals surface area (Å²) in [5, 5.41) is 0. The first-order chi connectivity index (χ1) is 10.6. The van der Waals surface area contributed by atoms with E-state index in [1.807, 2.05) is 11.8 Å². The zero-order valence-electron chi connectivity index (χ0n) is 13.2. The third-order valence-electron chi connectivity index (χ3n) is 5.07. The van der Waals surface area contributed by atoms with Crippen molar-refractivity contribution in [2.24, 2.45) is 0 Å². The van der Waals surface area contributed by atoms with Gasteiger partial charge < -0.3 is 14.5 Å². The number of anilines is 1. The van der Waals surface area contributed by atoms with Crippen molar-refractivity contribution in [3.05, 3.63) is 17.5 Å². The van der Waals surface area contributed by atoms with Gasteiger partial charge in [-0.2, -0.15) is 0 Å². The van der Waals surface area contributed by atoms with Crippen LogP contribution in [0, 0.1) is 6.92 Å². The van der Waals surface area contributed by atoms with Crippen LogP contribution in [0.25, 0.3) is 0 Å². The number of nitrogens with zero attached hydrogens (tertiary/aromatic N) is 4. The fourth-order valence-corrected chi connectivity index (χ4v) is 3.85. The van der Waals surface area contributed by atoms with Gasteiger partial charge in [-0.1, -0.05) is 0 Å². The van der Waals surface area contributed by atoms with E-state index in [1.165, 1.54) is 0 Å². The van der Waals surface area contributed by atoms with Gasteiger partial charge in [-0.25, -0.2) is 9.97 Å². The molecule has 0 aliphatic carbocycles. The predicted octanol–water partition coefficient (Wildman–Crippen LogP) is 1.10. The lowest BCUT2D eigenvalue weighted by atomic mass is 10.0. The van der Waals surface area contributed by atoms with Gasteiger partial charge in [0.05, 0.1) is 24.4 Å². The Hall–Kier alpha value is -1.69. The van der Waals surface area contributed by atoms with Gasteiger partial charge in [0.1, 0.15) is 0 Å². The number of fused-ring (bicyclic) bond motifs is 2. The molecule has 1 aromatic rings. The van der Waals surface area contributed by atoms with E-state index in [2.05, 4.69) is 16.0 Å². The van der Waals surface area contributed by atoms with Crippen LogP contribution < -0.4 is 4.90 Å². The molecule has 3 aliphatic heterocycles. The van der Waals surface area contributed by atoms with E-state index in [1.54, 1.807) is 6.92 Å². The summed E-state index contributed by atoms with van der Waals surface area (Å²) in [6.07, 6.45) is 2.43. The van der Waals surface area contributed by atoms with Crippen LogP contribution in [0.5, 0.6) is 0 Å². The summed E-state index contributed by atoms with van der Waals surface area (Å²) >= 11 is 0. The van der Waals surface area contributed by atoms with Crippen molar-refractivity contribution >= 4 is 11.9 Å². The highest BCUT2D eigenvalue weighted by Gasteiger charge is 2.40. The highest BCUT2D eigenvalue weighted by molar-refractivity contribution is 5.73. The third-order valence-corrected chi connectivity index (χ3v) is 5.07. The predicted molar refractivity (Wildman–Crippen MR) is 81.9 cm³/mol. The van der Waals surface area contributed by atoms with Crippen LogP contribution in [0.4, 0.5) is 5.95 Å². The van der Waals surface area contributed by atoms with Crippen molar-refractivity contribution < 1.29 is 9.53 Å². The molecule has 0 spiro atoms. The molecular formula is C16H22N4O2. The van der Waals surface area contributed by atoms with Crippen molar-refractivity contribution in [3.8, 4) is 0 Å². The van der Waals surface area contributed by atoms with Crippen LogP contribution in [-0.4, -0.2) is 59.2 Å². The van der Waals surface area contributed by atoms with Crippen molar-refractivity contribution in [1.82, 2.24) is 14.9 Å². The van der Waals surface area contributed by atoms with Crippen LogP contribution in [0.3, 0.4) is 0 Å². The number of carbonyl (C=O) groups excluding carboxylic acids is 1. The minimum Gasteiger partial charge on any atom is -0.374 e. The molecule has 0 saturated carbocycles. The molecule has 22 heavy (non-hydrogen) atoms. The summed E-state index contributed by atoms with van der Waals surface area (Å²) in [5.74, 6) is 1.33. The average molecular weight is 302 g/mol. The molecule has 2 bridgehead atoms. The topological polar surface area (TPSA) is 58.6 Å². The molecule has 1 amide bonds. The van der Waals surface area contributed by atoms with E-state index < -0.39 is 0 Å². The summed E-state index contributed by atoms with van der Waals surface area (Å²) in [7, 11) is 0. The second kappa shape index (κ2) is 5.19. The molecule has 6 heteroatoms. The Morgan fingerprint density at radius 1 is 1.36 bits per heavy atom. The van der Waals surface area contributed by atoms with Crippen LogP contribution in [-0.2, 0) is 9.53 Å². The van der Waals surface area contributed by atoms with E-state index >= 15 is 0 Å². The lowest BCUT2D eigenvalue weighted by molar-refractivity contribution is -0.127. The normalized spacial score (nSPS) is 30.4. The summed E-state index contributed by atoms with van der Waals surface area (Å²) in [4.78, 5) is 25.2. The molecule has 4 heterocycles. The Bertz CT molecular complexity index is 606. The maximum absolute atomic E-state index is 11.5. The molecule has 0 N–H and O–H groups in total. The molecule has 0 radical (unpaired) electrons. The quantitative estimate of drug-likeness (QED) is 0.819. The van der Waals surface area contributed by atoms with Gasteiger partial charge in [-0.05, 0) is 25.8 Å². The Kier molecular flexibility index (Phi) is 3.29. The van der Waals surface area contributed by atoms with Crippen LogP contribution in [0.1, 0.15) is 37.1 Å². The van der Waals surface area contributed by atoms with Gasteiger partial charge in [0.15, 0.2) is 0 Å². The molecule has 3 atom stereocenters. The Labute approximate surface area is 130 Å². The van der Waals surface area contributed by atoms with Crippen LogP contribution in [0.2, 0.25) is 0 Å². The van der Waals surface area contributed by atoms with Crippen molar-refractivity contribution in [2.75, 3.05) is 31.1 Å². The monoisotopic (exact) mass is 302 g/mol. The van der Waals surface area contributed by atoms with E-state index in [-0.39, 0.29) is 5.91 Å². The summed E-state index contributed by atoms with van der Waals surface area (Å²) < 4.78 is 5.66. The summed E-state index contributed by atoms with van der Waals surface area (Å²) in [6.45, 7) is 6.97. The SMILES string of the molecule is CC(=O)N1CCC(c2cc(C)nc(N3CC4CC3CO4)n2)C1. The van der Waals surface area contributed by atoms with E-state index in [0.29, 0.717) is 18.1 Å². The number of aromatic nitrogens is 2.